The molecule has 0 aliphatic rings. The van der Waals surface area contributed by atoms with Crippen molar-refractivity contribution in [3.05, 3.63) is 39.8 Å². The number of nitriles is 1. The largest absolute Gasteiger partial charge is 0.433 e. The van der Waals surface area contributed by atoms with E-state index in [0.29, 0.717) is 0 Å². The predicted octanol–water partition coefficient (Wildman–Crippen LogP) is 1.03. The number of carbonyl (C=O) groups excluding carboxylic acids is 1. The van der Waals surface area contributed by atoms with E-state index in [2.05, 4.69) is 15.5 Å². The monoisotopic (exact) mass is 247 g/mol. The molecule has 0 saturated carbocycles. The number of amides is 1. The first-order valence-electron chi connectivity index (χ1n) is 4.61. The van der Waals surface area contributed by atoms with Gasteiger partial charge in [0.25, 0.3) is 5.91 Å². The summed E-state index contributed by atoms with van der Waals surface area (Å²) in [6, 6.07) is 4.03. The summed E-state index contributed by atoms with van der Waals surface area (Å²) in [6.45, 7) is 0. The van der Waals surface area contributed by atoms with Gasteiger partial charge in [0.2, 0.25) is 0 Å². The lowest BCUT2D eigenvalue weighted by atomic mass is 10.3. The Morgan fingerprint density at radius 2 is 2.39 bits per heavy atom. The molecule has 0 fully saturated rings. The number of anilines is 1. The van der Waals surface area contributed by atoms with Crippen LogP contribution in [0.2, 0.25) is 0 Å². The van der Waals surface area contributed by atoms with Gasteiger partial charge in [0.15, 0.2) is 5.76 Å². The van der Waals surface area contributed by atoms with Gasteiger partial charge in [0.1, 0.15) is 22.4 Å². The summed E-state index contributed by atoms with van der Waals surface area (Å²) in [7, 11) is 0. The average molecular weight is 247 g/mol. The minimum absolute atomic E-state index is 0.0987. The van der Waals surface area contributed by atoms with Gasteiger partial charge in [-0.2, -0.15) is 10.4 Å². The van der Waals surface area contributed by atoms with Crippen LogP contribution in [0.15, 0.2) is 22.7 Å². The van der Waals surface area contributed by atoms with E-state index in [9.17, 15) is 14.9 Å². The Labute approximate surface area is 99.2 Å². The summed E-state index contributed by atoms with van der Waals surface area (Å²) in [4.78, 5) is 21.3. The van der Waals surface area contributed by atoms with Gasteiger partial charge in [-0.3, -0.25) is 20.0 Å². The highest BCUT2D eigenvalue weighted by Crippen LogP contribution is 2.17. The zero-order valence-electron chi connectivity index (χ0n) is 8.71. The highest BCUT2D eigenvalue weighted by atomic mass is 16.6. The van der Waals surface area contributed by atoms with Crippen molar-refractivity contribution in [2.45, 2.75) is 0 Å². The number of carbonyl (C=O) groups is 1. The first kappa shape index (κ1) is 11.3. The van der Waals surface area contributed by atoms with Gasteiger partial charge in [0, 0.05) is 0 Å². The zero-order valence-corrected chi connectivity index (χ0v) is 8.71. The van der Waals surface area contributed by atoms with Gasteiger partial charge in [-0.1, -0.05) is 0 Å². The first-order valence-corrected chi connectivity index (χ1v) is 4.61. The molecule has 2 heterocycles. The van der Waals surface area contributed by atoms with Crippen LogP contribution in [-0.4, -0.2) is 21.0 Å². The summed E-state index contributed by atoms with van der Waals surface area (Å²) >= 11 is 0. The third-order valence-electron chi connectivity index (χ3n) is 1.99. The van der Waals surface area contributed by atoms with E-state index in [0.717, 1.165) is 12.1 Å². The topological polar surface area (TPSA) is 138 Å². The second kappa shape index (κ2) is 4.38. The van der Waals surface area contributed by atoms with E-state index < -0.39 is 16.7 Å². The summed E-state index contributed by atoms with van der Waals surface area (Å²) in [5.41, 5.74) is 0.143. The van der Waals surface area contributed by atoms with Crippen LogP contribution in [0.5, 0.6) is 0 Å². The molecule has 0 radical (unpaired) electrons. The molecular weight excluding hydrogens is 242 g/mol. The van der Waals surface area contributed by atoms with Crippen molar-refractivity contribution in [1.29, 1.82) is 5.26 Å². The molecule has 1 amide bonds. The molecule has 9 nitrogen and oxygen atoms in total. The number of hydrogen-bond donors (Lipinski definition) is 2. The van der Waals surface area contributed by atoms with Crippen LogP contribution in [0.4, 0.5) is 11.7 Å². The number of nitrogens with zero attached hydrogens (tertiary/aromatic N) is 3. The Hall–Kier alpha value is -3.15. The van der Waals surface area contributed by atoms with Crippen LogP contribution in [0, 0.1) is 21.4 Å². The molecule has 0 saturated heterocycles. The Bertz CT molecular complexity index is 650. The van der Waals surface area contributed by atoms with Crippen molar-refractivity contribution in [2.75, 3.05) is 5.32 Å². The number of H-pyrrole nitrogens is 1. The third kappa shape index (κ3) is 2.03. The highest BCUT2D eigenvalue weighted by molar-refractivity contribution is 6.02. The van der Waals surface area contributed by atoms with E-state index in [1.54, 1.807) is 0 Å². The van der Waals surface area contributed by atoms with Crippen molar-refractivity contribution >= 4 is 17.6 Å². The van der Waals surface area contributed by atoms with Crippen LogP contribution in [0.3, 0.4) is 0 Å². The molecule has 0 spiro atoms. The zero-order chi connectivity index (χ0) is 13.1. The highest BCUT2D eigenvalue weighted by Gasteiger charge is 2.18. The van der Waals surface area contributed by atoms with Crippen molar-refractivity contribution in [2.24, 2.45) is 0 Å². The van der Waals surface area contributed by atoms with Gasteiger partial charge in [-0.05, 0) is 6.07 Å². The Morgan fingerprint density at radius 1 is 1.61 bits per heavy atom. The molecule has 18 heavy (non-hydrogen) atoms. The van der Waals surface area contributed by atoms with Crippen molar-refractivity contribution in [3.8, 4) is 6.07 Å². The summed E-state index contributed by atoms with van der Waals surface area (Å²) < 4.78 is 4.70. The molecule has 0 atom stereocenters. The number of furan rings is 1. The Morgan fingerprint density at radius 3 is 3.00 bits per heavy atom. The lowest BCUT2D eigenvalue weighted by Crippen LogP contribution is -2.12. The lowest BCUT2D eigenvalue weighted by Gasteiger charge is -1.98. The molecular formula is C9H5N5O4. The van der Waals surface area contributed by atoms with Gasteiger partial charge >= 0.3 is 5.88 Å². The van der Waals surface area contributed by atoms with Crippen molar-refractivity contribution < 1.29 is 14.1 Å². The Balaban J connectivity index is 2.17. The number of hydrogen-bond acceptors (Lipinski definition) is 6. The number of nitrogens with one attached hydrogen (secondary N) is 2. The summed E-state index contributed by atoms with van der Waals surface area (Å²) in [5, 5.41) is 27.4. The minimum atomic E-state index is -0.756. The smallest absolute Gasteiger partial charge is 0.395 e. The Kier molecular flexibility index (Phi) is 2.76. The maximum atomic E-state index is 11.6. The molecule has 0 unspecified atom stereocenters. The summed E-state index contributed by atoms with van der Waals surface area (Å²) in [6.07, 6.45) is 1.24. The fourth-order valence-corrected chi connectivity index (χ4v) is 1.19. The molecule has 2 rings (SSSR count). The number of aromatic nitrogens is 2. The quantitative estimate of drug-likeness (QED) is 0.613. The number of nitro groups is 1. The first-order chi connectivity index (χ1) is 8.61. The fraction of sp³-hybridized carbons (Fsp3) is 0. The number of rotatable bonds is 3. The molecule has 90 valence electrons. The van der Waals surface area contributed by atoms with E-state index in [1.165, 1.54) is 6.20 Å². The van der Waals surface area contributed by atoms with Gasteiger partial charge in [-0.15, -0.1) is 0 Å². The van der Waals surface area contributed by atoms with Crippen molar-refractivity contribution in [3.63, 3.8) is 0 Å². The minimum Gasteiger partial charge on any atom is -0.395 e. The van der Waals surface area contributed by atoms with Crippen LogP contribution >= 0.6 is 0 Å². The van der Waals surface area contributed by atoms with Crippen LogP contribution < -0.4 is 5.32 Å². The summed E-state index contributed by atoms with van der Waals surface area (Å²) in [5.74, 6) is -1.39. The van der Waals surface area contributed by atoms with E-state index in [1.807, 2.05) is 6.07 Å². The van der Waals surface area contributed by atoms with Crippen LogP contribution in [-0.2, 0) is 0 Å². The van der Waals surface area contributed by atoms with E-state index >= 15 is 0 Å². The fourth-order valence-electron chi connectivity index (χ4n) is 1.19. The van der Waals surface area contributed by atoms with Crippen LogP contribution in [0.1, 0.15) is 16.1 Å². The maximum Gasteiger partial charge on any atom is 0.433 e. The average Bonchev–Trinajstić information content (AvgIpc) is 2.96. The molecule has 0 aromatic carbocycles. The SMILES string of the molecule is N#Cc1cn[nH]c1NC(=O)c1ccc([N+](=O)[O-])o1. The van der Waals surface area contributed by atoms with E-state index in [-0.39, 0.29) is 17.1 Å². The normalized spacial score (nSPS) is 9.72. The predicted molar refractivity (Wildman–Crippen MR) is 56.6 cm³/mol. The van der Waals surface area contributed by atoms with Gasteiger partial charge < -0.3 is 9.73 Å². The molecule has 2 aromatic heterocycles. The molecule has 2 aromatic rings. The molecule has 0 aliphatic carbocycles. The molecule has 9 heteroatoms. The number of aromatic amines is 1. The molecule has 0 aliphatic heterocycles. The standard InChI is InChI=1S/C9H5N5O4/c10-3-5-4-11-13-8(5)12-9(15)6-1-2-7(18-6)14(16)17/h1-2,4H,(H2,11,12,13,15). The lowest BCUT2D eigenvalue weighted by molar-refractivity contribution is -0.402. The second-order valence-corrected chi connectivity index (χ2v) is 3.12. The van der Waals surface area contributed by atoms with Gasteiger partial charge in [0.05, 0.1) is 12.3 Å². The van der Waals surface area contributed by atoms with Crippen LogP contribution in [0.25, 0.3) is 0 Å². The maximum absolute atomic E-state index is 11.6. The third-order valence-corrected chi connectivity index (χ3v) is 1.99. The van der Waals surface area contributed by atoms with E-state index in [4.69, 9.17) is 9.68 Å². The van der Waals surface area contributed by atoms with Gasteiger partial charge in [-0.25, -0.2) is 0 Å². The second-order valence-electron chi connectivity index (χ2n) is 3.12. The molecule has 0 bridgehead atoms. The van der Waals surface area contributed by atoms with Crippen molar-refractivity contribution in [1.82, 2.24) is 10.2 Å². The molecule has 2 N–H and O–H groups in total.